The maximum absolute atomic E-state index is 14.0. The van der Waals surface area contributed by atoms with Crippen LogP contribution in [0.2, 0.25) is 0 Å². The Kier molecular flexibility index (Phi) is 5.20. The average Bonchev–Trinajstić information content (AvgIpc) is 3.20. The molecule has 8 nitrogen and oxygen atoms in total. The molecule has 0 unspecified atom stereocenters. The van der Waals surface area contributed by atoms with Crippen LogP contribution < -0.4 is 18.9 Å². The van der Waals surface area contributed by atoms with Crippen molar-refractivity contribution < 1.29 is 18.6 Å². The highest BCUT2D eigenvalue weighted by molar-refractivity contribution is 8.00. The van der Waals surface area contributed by atoms with Gasteiger partial charge in [0.15, 0.2) is 23.1 Å². The number of rotatable bonds is 7. The zero-order valence-electron chi connectivity index (χ0n) is 14.3. The molecule has 0 saturated carbocycles. The quantitative estimate of drug-likeness (QED) is 0.459. The van der Waals surface area contributed by atoms with Crippen molar-refractivity contribution in [3.8, 4) is 17.5 Å². The second-order valence-electron chi connectivity index (χ2n) is 5.59. The van der Waals surface area contributed by atoms with Crippen LogP contribution in [0.1, 0.15) is 5.56 Å². The van der Waals surface area contributed by atoms with Crippen LogP contribution in [0, 0.1) is 10.7 Å². The smallest absolute Gasteiger partial charge is 0.318 e. The Hall–Kier alpha value is -3.40. The third-order valence-electron chi connectivity index (χ3n) is 3.75. The fourth-order valence-corrected chi connectivity index (χ4v) is 3.10. The number of hydrogen-bond donors (Lipinski definition) is 1. The Bertz CT molecular complexity index is 1020. The van der Waals surface area contributed by atoms with Crippen LogP contribution in [-0.2, 0) is 6.61 Å². The molecule has 0 bridgehead atoms. The molecule has 0 amide bonds. The number of aromatic nitrogens is 2. The van der Waals surface area contributed by atoms with Gasteiger partial charge in [0.05, 0.1) is 11.1 Å². The van der Waals surface area contributed by atoms with Gasteiger partial charge < -0.3 is 18.9 Å². The number of benzene rings is 2. The van der Waals surface area contributed by atoms with E-state index in [1.54, 1.807) is 36.4 Å². The summed E-state index contributed by atoms with van der Waals surface area (Å²) >= 11 is 1.02. The third-order valence-corrected chi connectivity index (χ3v) is 4.61. The maximum atomic E-state index is 14.0. The topological polar surface area (TPSA) is 94.9 Å². The monoisotopic (exact) mass is 400 g/mol. The lowest BCUT2D eigenvalue weighted by atomic mass is 10.2. The summed E-state index contributed by atoms with van der Waals surface area (Å²) in [5, 5.41) is 2.93. The van der Waals surface area contributed by atoms with Gasteiger partial charge in [0.1, 0.15) is 12.3 Å². The van der Waals surface area contributed by atoms with E-state index in [0.717, 1.165) is 23.7 Å². The van der Waals surface area contributed by atoms with Gasteiger partial charge >= 0.3 is 6.01 Å². The first kappa shape index (κ1) is 18.0. The van der Waals surface area contributed by atoms with Crippen LogP contribution in [0.25, 0.3) is 0 Å². The van der Waals surface area contributed by atoms with Crippen molar-refractivity contribution in [2.24, 2.45) is 5.18 Å². The van der Waals surface area contributed by atoms with Gasteiger partial charge in [-0.2, -0.15) is 4.98 Å². The van der Waals surface area contributed by atoms with Crippen LogP contribution in [0.15, 0.2) is 58.7 Å². The van der Waals surface area contributed by atoms with Crippen LogP contribution in [0.3, 0.4) is 0 Å². The molecule has 10 heteroatoms. The van der Waals surface area contributed by atoms with Gasteiger partial charge in [-0.1, -0.05) is 18.2 Å². The van der Waals surface area contributed by atoms with E-state index in [9.17, 15) is 9.30 Å². The second kappa shape index (κ2) is 8.09. The van der Waals surface area contributed by atoms with E-state index in [1.807, 2.05) is 6.07 Å². The van der Waals surface area contributed by atoms with E-state index in [2.05, 4.69) is 19.9 Å². The first-order valence-electron chi connectivity index (χ1n) is 8.12. The van der Waals surface area contributed by atoms with Gasteiger partial charge in [0.2, 0.25) is 6.79 Å². The molecule has 0 aliphatic carbocycles. The lowest BCUT2D eigenvalue weighted by molar-refractivity contribution is 0.174. The Morgan fingerprint density at radius 2 is 2.07 bits per heavy atom. The van der Waals surface area contributed by atoms with E-state index < -0.39 is 5.82 Å². The minimum absolute atomic E-state index is 0.00367. The molecule has 0 saturated heterocycles. The molecule has 1 N–H and O–H groups in total. The van der Waals surface area contributed by atoms with Crippen LogP contribution in [0.5, 0.6) is 17.5 Å². The molecular weight excluding hydrogens is 387 g/mol. The maximum Gasteiger partial charge on any atom is 0.318 e. The summed E-state index contributed by atoms with van der Waals surface area (Å²) in [5.41, 5.74) is 1.07. The van der Waals surface area contributed by atoms with E-state index in [-0.39, 0.29) is 30.9 Å². The molecule has 0 radical (unpaired) electrons. The number of ether oxygens (including phenoxy) is 3. The highest BCUT2D eigenvalue weighted by atomic mass is 32.2. The highest BCUT2D eigenvalue weighted by Gasteiger charge is 2.14. The summed E-state index contributed by atoms with van der Waals surface area (Å²) < 4.78 is 32.9. The van der Waals surface area contributed by atoms with Crippen molar-refractivity contribution in [1.82, 2.24) is 9.97 Å². The van der Waals surface area contributed by atoms with Crippen molar-refractivity contribution in [2.45, 2.75) is 11.5 Å². The fraction of sp³-hybridized carbons (Fsp3) is 0.111. The zero-order chi connectivity index (χ0) is 19.3. The van der Waals surface area contributed by atoms with Gasteiger partial charge in [-0.3, -0.25) is 0 Å². The molecule has 0 atom stereocenters. The van der Waals surface area contributed by atoms with Gasteiger partial charge in [-0.15, -0.1) is 4.91 Å². The summed E-state index contributed by atoms with van der Waals surface area (Å²) in [7, 11) is 0. The summed E-state index contributed by atoms with van der Waals surface area (Å²) in [6.07, 6.45) is 1.01. The van der Waals surface area contributed by atoms with Crippen LogP contribution in [0.4, 0.5) is 15.9 Å². The lowest BCUT2D eigenvalue weighted by Crippen LogP contribution is -2.03. The molecule has 1 aliphatic heterocycles. The largest absolute Gasteiger partial charge is 0.459 e. The number of anilines is 1. The fourth-order valence-electron chi connectivity index (χ4n) is 2.39. The van der Waals surface area contributed by atoms with Gasteiger partial charge in [-0.05, 0) is 47.0 Å². The predicted molar refractivity (Wildman–Crippen MR) is 100 cm³/mol. The molecule has 28 heavy (non-hydrogen) atoms. The Balaban J connectivity index is 1.42. The van der Waals surface area contributed by atoms with E-state index in [4.69, 9.17) is 14.2 Å². The minimum atomic E-state index is -0.653. The summed E-state index contributed by atoms with van der Waals surface area (Å²) in [5.74, 6) is 0.596. The SMILES string of the molecule is O=Nc1ccccc1SNc1nc(OCc2ccc3c(c2)OCO3)ncc1F. The molecule has 142 valence electrons. The van der Waals surface area contributed by atoms with E-state index in [0.29, 0.717) is 16.4 Å². The van der Waals surface area contributed by atoms with E-state index >= 15 is 0 Å². The molecule has 0 spiro atoms. The molecule has 2 heterocycles. The molecule has 3 aromatic rings. The molecule has 0 fully saturated rings. The minimum Gasteiger partial charge on any atom is -0.459 e. The Morgan fingerprint density at radius 1 is 1.21 bits per heavy atom. The van der Waals surface area contributed by atoms with Crippen LogP contribution >= 0.6 is 11.9 Å². The summed E-state index contributed by atoms with van der Waals surface area (Å²) in [6.45, 7) is 0.364. The molecular formula is C18H13FN4O4S. The number of hydrogen-bond acceptors (Lipinski definition) is 9. The normalized spacial score (nSPS) is 11.9. The van der Waals surface area contributed by atoms with Crippen molar-refractivity contribution >= 4 is 23.5 Å². The number of fused-ring (bicyclic) bond motifs is 1. The van der Waals surface area contributed by atoms with Crippen molar-refractivity contribution in [2.75, 3.05) is 11.5 Å². The van der Waals surface area contributed by atoms with Crippen molar-refractivity contribution in [3.05, 3.63) is 64.9 Å². The predicted octanol–water partition coefficient (Wildman–Crippen LogP) is 4.44. The number of nitrogens with zero attached hydrogens (tertiary/aromatic N) is 3. The average molecular weight is 400 g/mol. The van der Waals surface area contributed by atoms with Crippen molar-refractivity contribution in [1.29, 1.82) is 0 Å². The molecule has 2 aromatic carbocycles. The van der Waals surface area contributed by atoms with Crippen LogP contribution in [-0.4, -0.2) is 16.8 Å². The second-order valence-corrected chi connectivity index (χ2v) is 6.44. The lowest BCUT2D eigenvalue weighted by Gasteiger charge is -2.09. The standard InChI is InChI=1S/C18H13FN4O4S/c19-12-8-20-18(25-9-11-5-6-14-15(7-11)27-10-26-14)21-17(12)23-28-16-4-2-1-3-13(16)22-24/h1-8H,9-10H2,(H,20,21,23). The number of nitroso groups, excluding NO2 is 1. The van der Waals surface area contributed by atoms with Crippen molar-refractivity contribution in [3.63, 3.8) is 0 Å². The number of nitrogens with one attached hydrogen (secondary N) is 1. The molecule has 1 aromatic heterocycles. The Labute approximate surface area is 163 Å². The zero-order valence-corrected chi connectivity index (χ0v) is 15.1. The molecule has 1 aliphatic rings. The van der Waals surface area contributed by atoms with Gasteiger partial charge in [0.25, 0.3) is 0 Å². The van der Waals surface area contributed by atoms with Gasteiger partial charge in [0, 0.05) is 0 Å². The van der Waals surface area contributed by atoms with Gasteiger partial charge in [-0.25, -0.2) is 9.37 Å². The molecule has 4 rings (SSSR count). The highest BCUT2D eigenvalue weighted by Crippen LogP contribution is 2.33. The summed E-state index contributed by atoms with van der Waals surface area (Å²) in [6, 6.07) is 12.1. The third kappa shape index (κ3) is 3.96. The van der Waals surface area contributed by atoms with E-state index in [1.165, 1.54) is 0 Å². The summed E-state index contributed by atoms with van der Waals surface area (Å²) in [4.78, 5) is 19.2. The Morgan fingerprint density at radius 3 is 2.96 bits per heavy atom. The number of halogens is 1. The first-order valence-corrected chi connectivity index (χ1v) is 8.93. The first-order chi connectivity index (χ1) is 13.7.